The number of fused-ring (bicyclic) bond motifs is 2. The van der Waals surface area contributed by atoms with E-state index in [1.54, 1.807) is 7.11 Å². The van der Waals surface area contributed by atoms with Gasteiger partial charge in [0.25, 0.3) is 0 Å². The van der Waals surface area contributed by atoms with Gasteiger partial charge in [0, 0.05) is 13.1 Å². The summed E-state index contributed by atoms with van der Waals surface area (Å²) in [6, 6.07) is 13.2. The lowest BCUT2D eigenvalue weighted by atomic mass is 10.3. The van der Waals surface area contributed by atoms with Gasteiger partial charge in [0.05, 0.1) is 34.8 Å². The van der Waals surface area contributed by atoms with Gasteiger partial charge in [-0.2, -0.15) is 0 Å². The molecule has 3 heterocycles. The van der Waals surface area contributed by atoms with E-state index in [2.05, 4.69) is 15.3 Å². The first-order chi connectivity index (χ1) is 15.6. The molecule has 0 saturated carbocycles. The molecule has 0 unspecified atom stereocenters. The largest absolute Gasteiger partial charge is 0.497 e. The Bertz CT molecular complexity index is 1310. The third-order valence-electron chi connectivity index (χ3n) is 5.65. The molecule has 8 nitrogen and oxygen atoms in total. The van der Waals surface area contributed by atoms with Crippen molar-refractivity contribution in [3.8, 4) is 5.75 Å². The van der Waals surface area contributed by atoms with Gasteiger partial charge in [0.2, 0.25) is 11.8 Å². The van der Waals surface area contributed by atoms with Crippen LogP contribution in [0.15, 0.2) is 42.5 Å². The number of likely N-dealkylation sites (tertiary alicyclic amines) is 1. The molecule has 0 bridgehead atoms. The number of para-hydroxylation sites is 2. The molecule has 1 aliphatic heterocycles. The molecule has 2 amide bonds. The average Bonchev–Trinajstić information content (AvgIpc) is 3.52. The van der Waals surface area contributed by atoms with Crippen molar-refractivity contribution in [1.29, 1.82) is 0 Å². The predicted octanol–water partition coefficient (Wildman–Crippen LogP) is 3.46. The van der Waals surface area contributed by atoms with E-state index in [9.17, 15) is 9.59 Å². The molecule has 0 radical (unpaired) electrons. The van der Waals surface area contributed by atoms with Crippen molar-refractivity contribution >= 4 is 49.5 Å². The van der Waals surface area contributed by atoms with Gasteiger partial charge in [-0.05, 0) is 43.2 Å². The summed E-state index contributed by atoms with van der Waals surface area (Å²) in [6.07, 6.45) is 2.26. The van der Waals surface area contributed by atoms with Gasteiger partial charge in [0.15, 0.2) is 5.13 Å². The van der Waals surface area contributed by atoms with Crippen LogP contribution in [0.5, 0.6) is 5.75 Å². The van der Waals surface area contributed by atoms with Crippen molar-refractivity contribution < 1.29 is 14.3 Å². The number of rotatable bonds is 6. The minimum absolute atomic E-state index is 0.0552. The van der Waals surface area contributed by atoms with E-state index >= 15 is 0 Å². The zero-order valence-electron chi connectivity index (χ0n) is 17.7. The number of imidazole rings is 1. The maximum absolute atomic E-state index is 12.9. The molecule has 1 fully saturated rings. The number of thiazole rings is 1. The highest BCUT2D eigenvalue weighted by Gasteiger charge is 2.22. The summed E-state index contributed by atoms with van der Waals surface area (Å²) in [5, 5.41) is 3.42. The second kappa shape index (κ2) is 8.58. The van der Waals surface area contributed by atoms with Crippen LogP contribution in [0.3, 0.4) is 0 Å². The predicted molar refractivity (Wildman–Crippen MR) is 124 cm³/mol. The molecule has 2 aromatic heterocycles. The fourth-order valence-corrected chi connectivity index (χ4v) is 4.95. The molecule has 0 spiro atoms. The van der Waals surface area contributed by atoms with Crippen molar-refractivity contribution in [2.75, 3.05) is 25.5 Å². The highest BCUT2D eigenvalue weighted by Crippen LogP contribution is 2.29. The summed E-state index contributed by atoms with van der Waals surface area (Å²) >= 11 is 1.39. The molecule has 32 heavy (non-hydrogen) atoms. The molecular weight excluding hydrogens is 426 g/mol. The second-order valence-electron chi connectivity index (χ2n) is 7.77. The molecule has 1 N–H and O–H groups in total. The van der Waals surface area contributed by atoms with Gasteiger partial charge in [-0.15, -0.1) is 0 Å². The van der Waals surface area contributed by atoms with Crippen LogP contribution in [0, 0.1) is 0 Å². The molecule has 1 saturated heterocycles. The average molecular weight is 450 g/mol. The van der Waals surface area contributed by atoms with E-state index in [-0.39, 0.29) is 24.8 Å². The normalized spacial score (nSPS) is 13.7. The highest BCUT2D eigenvalue weighted by molar-refractivity contribution is 7.22. The fourth-order valence-electron chi connectivity index (χ4n) is 4.04. The van der Waals surface area contributed by atoms with Crippen molar-refractivity contribution in [3.63, 3.8) is 0 Å². The third kappa shape index (κ3) is 4.03. The lowest BCUT2D eigenvalue weighted by Gasteiger charge is -2.15. The van der Waals surface area contributed by atoms with Crippen LogP contribution >= 0.6 is 11.3 Å². The topological polar surface area (TPSA) is 89.3 Å². The second-order valence-corrected chi connectivity index (χ2v) is 8.80. The van der Waals surface area contributed by atoms with Gasteiger partial charge < -0.3 is 19.5 Å². The quantitative estimate of drug-likeness (QED) is 0.487. The van der Waals surface area contributed by atoms with Crippen LogP contribution in [0.4, 0.5) is 5.13 Å². The number of aromatic nitrogens is 3. The fraction of sp³-hybridized carbons (Fsp3) is 0.304. The van der Waals surface area contributed by atoms with Gasteiger partial charge >= 0.3 is 0 Å². The lowest BCUT2D eigenvalue weighted by Crippen LogP contribution is -2.30. The number of hydrogen-bond donors (Lipinski definition) is 1. The minimum atomic E-state index is -0.214. The number of nitrogens with one attached hydrogen (secondary N) is 1. The van der Waals surface area contributed by atoms with E-state index in [1.807, 2.05) is 51.9 Å². The van der Waals surface area contributed by atoms with Crippen molar-refractivity contribution in [2.45, 2.75) is 25.8 Å². The van der Waals surface area contributed by atoms with E-state index in [1.165, 1.54) is 11.3 Å². The molecule has 164 valence electrons. The molecule has 9 heteroatoms. The van der Waals surface area contributed by atoms with Crippen LogP contribution in [0.2, 0.25) is 0 Å². The Balaban J connectivity index is 1.37. The van der Waals surface area contributed by atoms with E-state index in [0.29, 0.717) is 11.0 Å². The van der Waals surface area contributed by atoms with Crippen molar-refractivity contribution in [3.05, 3.63) is 48.3 Å². The number of carbonyl (C=O) groups excluding carboxylic acids is 2. The number of methoxy groups -OCH3 is 1. The van der Waals surface area contributed by atoms with Crippen LogP contribution in [0.25, 0.3) is 21.3 Å². The first-order valence-electron chi connectivity index (χ1n) is 10.6. The van der Waals surface area contributed by atoms with Crippen LogP contribution in [0.1, 0.15) is 18.7 Å². The summed E-state index contributed by atoms with van der Waals surface area (Å²) in [6.45, 7) is 1.65. The third-order valence-corrected chi connectivity index (χ3v) is 6.58. The Labute approximate surface area is 188 Å². The van der Waals surface area contributed by atoms with Crippen molar-refractivity contribution in [1.82, 2.24) is 19.4 Å². The maximum Gasteiger partial charge on any atom is 0.246 e. The molecule has 4 aromatic rings. The highest BCUT2D eigenvalue weighted by atomic mass is 32.1. The first kappa shape index (κ1) is 20.4. The number of ether oxygens (including phenoxy) is 1. The number of anilines is 1. The molecule has 0 atom stereocenters. The Morgan fingerprint density at radius 3 is 2.72 bits per heavy atom. The Morgan fingerprint density at radius 1 is 1.09 bits per heavy atom. The first-order valence-corrected chi connectivity index (χ1v) is 11.4. The maximum atomic E-state index is 12.9. The molecule has 5 rings (SSSR count). The smallest absolute Gasteiger partial charge is 0.246 e. The number of amides is 2. The number of carbonyl (C=O) groups is 2. The Morgan fingerprint density at radius 2 is 1.91 bits per heavy atom. The summed E-state index contributed by atoms with van der Waals surface area (Å²) < 4.78 is 8.02. The monoisotopic (exact) mass is 449 g/mol. The standard InChI is InChI=1S/C23H23N5O3S/c1-31-15-8-9-17-19(12-15)32-23(25-17)26-21(29)14-28-18-7-3-2-6-16(18)24-20(28)13-22(30)27-10-4-5-11-27/h2-3,6-9,12H,4-5,10-11,13-14H2,1H3,(H,25,26,29). The number of benzene rings is 2. The SMILES string of the molecule is COc1ccc2nc(NC(=O)Cn3c(CC(=O)N4CCCC4)nc4ccccc43)sc2c1. The Hall–Kier alpha value is -3.46. The lowest BCUT2D eigenvalue weighted by molar-refractivity contribution is -0.129. The van der Waals surface area contributed by atoms with E-state index in [0.717, 1.165) is 52.9 Å². The summed E-state index contributed by atoms with van der Waals surface area (Å²) in [7, 11) is 1.62. The zero-order valence-corrected chi connectivity index (χ0v) is 18.5. The molecule has 0 aliphatic carbocycles. The Kier molecular flexibility index (Phi) is 5.48. The van der Waals surface area contributed by atoms with E-state index < -0.39 is 0 Å². The molecular formula is C23H23N5O3S. The van der Waals surface area contributed by atoms with Crippen LogP contribution in [-0.2, 0) is 22.6 Å². The van der Waals surface area contributed by atoms with Gasteiger partial charge in [-0.25, -0.2) is 9.97 Å². The van der Waals surface area contributed by atoms with Gasteiger partial charge in [-0.1, -0.05) is 23.5 Å². The van der Waals surface area contributed by atoms with Gasteiger partial charge in [0.1, 0.15) is 18.1 Å². The van der Waals surface area contributed by atoms with E-state index in [4.69, 9.17) is 4.74 Å². The number of hydrogen-bond acceptors (Lipinski definition) is 6. The van der Waals surface area contributed by atoms with Crippen LogP contribution in [-0.4, -0.2) is 51.4 Å². The molecule has 2 aromatic carbocycles. The summed E-state index contributed by atoms with van der Waals surface area (Å²) in [5.74, 6) is 1.19. The zero-order chi connectivity index (χ0) is 22.1. The van der Waals surface area contributed by atoms with Gasteiger partial charge in [-0.3, -0.25) is 9.59 Å². The summed E-state index contributed by atoms with van der Waals surface area (Å²) in [4.78, 5) is 36.6. The number of nitrogens with zero attached hydrogens (tertiary/aromatic N) is 4. The minimum Gasteiger partial charge on any atom is -0.497 e. The van der Waals surface area contributed by atoms with Crippen molar-refractivity contribution in [2.24, 2.45) is 0 Å². The molecule has 1 aliphatic rings. The summed E-state index contributed by atoms with van der Waals surface area (Å²) in [5.41, 5.74) is 2.41. The van der Waals surface area contributed by atoms with Crippen LogP contribution < -0.4 is 10.1 Å².